The number of allylic oxidation sites excluding steroid dienone is 3. The Labute approximate surface area is 397 Å². The average molecular weight is 923 g/mol. The number of Topliss-reactive ketones (excluding diaryl/α,β-unsaturated/α-hetero) is 2. The van der Waals surface area contributed by atoms with Crippen molar-refractivity contribution in [1.29, 1.82) is 0 Å². The number of carbonyl (C=O) groups excluding carboxylic acids is 3. The second-order valence-corrected chi connectivity index (χ2v) is 24.3. The second kappa shape index (κ2) is 17.5. The van der Waals surface area contributed by atoms with Crippen LogP contribution < -0.4 is 5.32 Å². The fourth-order valence-electron chi connectivity index (χ4n) is 17.8. The fourth-order valence-corrected chi connectivity index (χ4v) is 17.8. The largest absolute Gasteiger partial charge is 0.465 e. The predicted molar refractivity (Wildman–Crippen MR) is 252 cm³/mol. The van der Waals surface area contributed by atoms with Gasteiger partial charge in [0.25, 0.3) is 0 Å². The Morgan fingerprint density at radius 3 is 2.45 bits per heavy atom. The number of aliphatic hydroxyl groups excluding tert-OH is 3. The van der Waals surface area contributed by atoms with E-state index in [2.05, 4.69) is 49.0 Å². The first kappa shape index (κ1) is 47.4. The van der Waals surface area contributed by atoms with Crippen LogP contribution >= 0.6 is 0 Å². The summed E-state index contributed by atoms with van der Waals surface area (Å²) in [7, 11) is 0. The third-order valence-electron chi connectivity index (χ3n) is 20.8. The van der Waals surface area contributed by atoms with Crippen LogP contribution in [0, 0.1) is 93.7 Å². The zero-order chi connectivity index (χ0) is 47.4. The molecule has 0 unspecified atom stereocenters. The van der Waals surface area contributed by atoms with E-state index in [1.165, 1.54) is 13.3 Å². The Morgan fingerprint density at radius 2 is 1.72 bits per heavy atom. The van der Waals surface area contributed by atoms with E-state index in [4.69, 9.17) is 4.74 Å². The van der Waals surface area contributed by atoms with Gasteiger partial charge in [-0.2, -0.15) is 0 Å². The summed E-state index contributed by atoms with van der Waals surface area (Å²) in [6, 6.07) is 1.97. The van der Waals surface area contributed by atoms with Crippen LogP contribution in [0.1, 0.15) is 149 Å². The molecule has 5 saturated carbocycles. The maximum Gasteiger partial charge on any atom is 0.313 e. The van der Waals surface area contributed by atoms with E-state index in [-0.39, 0.29) is 97.1 Å². The zero-order valence-electron chi connectivity index (χ0n) is 40.6. The molecule has 9 aliphatic rings. The number of aromatic amines is 1. The Kier molecular flexibility index (Phi) is 12.4. The number of aromatic nitrogens is 1. The number of esters is 1. The monoisotopic (exact) mass is 923 g/mol. The summed E-state index contributed by atoms with van der Waals surface area (Å²) < 4.78 is 5.91. The lowest BCUT2D eigenvalue weighted by Gasteiger charge is -2.64. The highest BCUT2D eigenvalue weighted by atomic mass is 16.5. The molecule has 0 bridgehead atoms. The molecule has 10 rings (SSSR count). The van der Waals surface area contributed by atoms with Gasteiger partial charge < -0.3 is 40.6 Å². The van der Waals surface area contributed by atoms with Crippen LogP contribution in [0.2, 0.25) is 0 Å². The molecule has 11 heteroatoms. The molecule has 7 N–H and O–H groups in total. The number of fused-ring (bicyclic) bond motifs is 10. The van der Waals surface area contributed by atoms with E-state index >= 15 is 4.79 Å². The molecule has 6 fully saturated rings. The molecule has 1 aliphatic heterocycles. The molecule has 0 amide bonds. The van der Waals surface area contributed by atoms with Gasteiger partial charge in [0.1, 0.15) is 5.78 Å². The first-order chi connectivity index (χ1) is 31.9. The first-order valence-electron chi connectivity index (χ1n) is 26.4. The van der Waals surface area contributed by atoms with Crippen LogP contribution in [0.5, 0.6) is 0 Å². The molecule has 0 radical (unpaired) electrons. The van der Waals surface area contributed by atoms with Gasteiger partial charge >= 0.3 is 5.97 Å². The number of hydrogen-bond acceptors (Lipinski definition) is 10. The van der Waals surface area contributed by atoms with Crippen molar-refractivity contribution in [2.24, 2.45) is 81.8 Å². The minimum absolute atomic E-state index is 0.0393. The van der Waals surface area contributed by atoms with Gasteiger partial charge in [-0.05, 0) is 167 Å². The normalized spacial score (nSPS) is 47.8. The topological polar surface area (TPSA) is 189 Å². The zero-order valence-corrected chi connectivity index (χ0v) is 40.6. The van der Waals surface area contributed by atoms with Gasteiger partial charge in [0.2, 0.25) is 0 Å². The van der Waals surface area contributed by atoms with Gasteiger partial charge in [-0.3, -0.25) is 14.4 Å². The van der Waals surface area contributed by atoms with E-state index in [9.17, 15) is 35.1 Å². The minimum Gasteiger partial charge on any atom is -0.465 e. The molecule has 0 spiro atoms. The molecular formula is C56H78N2O9. The number of rotatable bonds is 6. The summed E-state index contributed by atoms with van der Waals surface area (Å²) >= 11 is 0. The number of ether oxygens (including phenoxy) is 1. The van der Waals surface area contributed by atoms with Crippen LogP contribution in [0.25, 0.3) is 0 Å². The van der Waals surface area contributed by atoms with E-state index < -0.39 is 64.0 Å². The molecule has 1 aromatic heterocycles. The standard InChI is InChI=1S/C56H78N2O9/c1-30-13-14-33-15-16-38-31(2)22-46(62)54(5,65)51-35(10-8-9-34(23-40(38)39(33)21-30)41-29-67-52(64)47(41)36-18-20-57-28-36)25-56(66)48-42(17-19-53(51,56)4)55(37-11-6-7-12-37)26-45(61)44(60)24-43(55)50(63)49(48)58-27-32(3)59/h15,18,20,28,30-31,34-35,37-47,51,57-58,60-62,65-66H,6-7,10-14,16-17,19,21-27,29H2,1-5H3/t30-,31+,34-,35-,38-,39+,40+,41-,42-,43-,44+,45-,46+,47-,51-,53+,54-,55-,56+/m0/s1. The summed E-state index contributed by atoms with van der Waals surface area (Å²) in [4.78, 5) is 44.9. The highest BCUT2D eigenvalue weighted by molar-refractivity contribution is 6.00. The van der Waals surface area contributed by atoms with Crippen LogP contribution in [0.15, 0.2) is 41.4 Å². The first-order valence-corrected chi connectivity index (χ1v) is 26.4. The smallest absolute Gasteiger partial charge is 0.313 e. The molecule has 366 valence electrons. The number of hydrogen-bond donors (Lipinski definition) is 7. The van der Waals surface area contributed by atoms with Gasteiger partial charge in [0.15, 0.2) is 5.78 Å². The molecule has 2 heterocycles. The van der Waals surface area contributed by atoms with E-state index in [1.54, 1.807) is 12.5 Å². The number of carbonyl (C=O) groups is 3. The molecule has 19 atom stereocenters. The number of nitrogens with one attached hydrogen (secondary N) is 2. The molecular weight excluding hydrogens is 845 g/mol. The summed E-state index contributed by atoms with van der Waals surface area (Å²) in [6.07, 6.45) is 14.4. The van der Waals surface area contributed by atoms with Crippen molar-refractivity contribution in [3.63, 3.8) is 0 Å². The molecule has 11 nitrogen and oxygen atoms in total. The van der Waals surface area contributed by atoms with Crippen LogP contribution in [0.3, 0.4) is 0 Å². The highest BCUT2D eigenvalue weighted by Gasteiger charge is 2.74. The lowest BCUT2D eigenvalue weighted by atomic mass is 9.41. The third-order valence-corrected chi connectivity index (χ3v) is 20.8. The number of aliphatic hydroxyl groups is 5. The van der Waals surface area contributed by atoms with Crippen LogP contribution in [-0.2, 0) is 19.1 Å². The van der Waals surface area contributed by atoms with E-state index in [0.717, 1.165) is 56.9 Å². The Balaban J connectivity index is 1.11. The Bertz CT molecular complexity index is 2220. The molecule has 1 saturated heterocycles. The van der Waals surface area contributed by atoms with Gasteiger partial charge in [0, 0.05) is 47.9 Å². The predicted octanol–water partition coefficient (Wildman–Crippen LogP) is 6.93. The quantitative estimate of drug-likeness (QED) is 0.0896. The molecule has 8 aliphatic carbocycles. The number of H-pyrrole nitrogens is 1. The lowest BCUT2D eigenvalue weighted by Crippen LogP contribution is -2.66. The fraction of sp³-hybridized carbons (Fsp3) is 0.768. The maximum atomic E-state index is 15.3. The summed E-state index contributed by atoms with van der Waals surface area (Å²) in [5, 5.41) is 66.1. The Hall–Kier alpha value is -3.27. The van der Waals surface area contributed by atoms with Gasteiger partial charge in [-0.25, -0.2) is 0 Å². The summed E-state index contributed by atoms with van der Waals surface area (Å²) in [5.41, 5.74) is -1.69. The molecule has 1 aromatic rings. The second-order valence-electron chi connectivity index (χ2n) is 24.3. The van der Waals surface area contributed by atoms with Crippen molar-refractivity contribution in [2.45, 2.75) is 173 Å². The summed E-state index contributed by atoms with van der Waals surface area (Å²) in [5.74, 6) is 5.86. The number of ketones is 2. The van der Waals surface area contributed by atoms with Crippen LogP contribution in [0.4, 0.5) is 0 Å². The number of cyclic esters (lactones) is 1. The van der Waals surface area contributed by atoms with Crippen molar-refractivity contribution < 1.29 is 44.7 Å². The van der Waals surface area contributed by atoms with E-state index in [1.807, 2.05) is 18.5 Å². The van der Waals surface area contributed by atoms with Crippen molar-refractivity contribution in [3.05, 3.63) is 46.9 Å². The van der Waals surface area contributed by atoms with Gasteiger partial charge in [-0.1, -0.05) is 51.2 Å². The maximum absolute atomic E-state index is 15.3. The SMILES string of the molecule is CC(=O)CNC1=C2[C@H](CC[C@]3(C)[C@@H]4[C@@H](CC#C[C@H]([C@@H]5COC(=O)[C@H]5c5cc[nH]c5)C[C@@H]5[C@@H](CC=C6CC[C@H](C)C[C@H]65)[C@H](C)C[C@@H](O)[C@]4(C)O)C[C@@]23O)[C@@]2(C3CCCC3)C[C@H](O)[C@H](O)C[C@H]2C1=O. The van der Waals surface area contributed by atoms with Crippen molar-refractivity contribution in [2.75, 3.05) is 13.2 Å². The molecule has 0 aromatic carbocycles. The minimum atomic E-state index is -1.65. The highest BCUT2D eigenvalue weighted by Crippen LogP contribution is 2.73. The van der Waals surface area contributed by atoms with Gasteiger partial charge in [-0.15, -0.1) is 5.92 Å². The van der Waals surface area contributed by atoms with Crippen molar-refractivity contribution in [3.8, 4) is 11.8 Å². The van der Waals surface area contributed by atoms with E-state index in [0.29, 0.717) is 43.1 Å². The van der Waals surface area contributed by atoms with Crippen LogP contribution in [-0.4, -0.2) is 90.7 Å². The van der Waals surface area contributed by atoms with Crippen molar-refractivity contribution >= 4 is 17.5 Å². The average Bonchev–Trinajstić information content (AvgIpc) is 4.11. The lowest BCUT2D eigenvalue weighted by molar-refractivity contribution is -0.190. The molecule has 67 heavy (non-hydrogen) atoms. The summed E-state index contributed by atoms with van der Waals surface area (Å²) in [6.45, 7) is 10.1. The van der Waals surface area contributed by atoms with Crippen molar-refractivity contribution in [1.82, 2.24) is 10.3 Å². The van der Waals surface area contributed by atoms with Gasteiger partial charge in [0.05, 0.1) is 54.3 Å². The third kappa shape index (κ3) is 7.49. The Morgan fingerprint density at radius 1 is 0.940 bits per heavy atom.